The van der Waals surface area contributed by atoms with Crippen LogP contribution in [0.4, 0.5) is 0 Å². The summed E-state index contributed by atoms with van der Waals surface area (Å²) in [5, 5.41) is 24.3. The molecule has 1 aliphatic rings. The molecule has 0 aliphatic heterocycles. The molecule has 1 aliphatic carbocycles. The normalized spacial score (nSPS) is 22.4. The topological polar surface area (TPSA) is 100 Å². The van der Waals surface area contributed by atoms with Crippen LogP contribution in [0.3, 0.4) is 0 Å². The van der Waals surface area contributed by atoms with Crippen molar-refractivity contribution in [2.75, 3.05) is 13.7 Å². The minimum absolute atomic E-state index is 0.0796. The van der Waals surface area contributed by atoms with Crippen LogP contribution in [0.1, 0.15) is 24.0 Å². The number of rotatable bonds is 6. The van der Waals surface area contributed by atoms with E-state index in [4.69, 9.17) is 15.7 Å². The predicted molar refractivity (Wildman–Crippen MR) is 75.9 cm³/mol. The van der Waals surface area contributed by atoms with Gasteiger partial charge in [0.15, 0.2) is 5.84 Å². The molecule has 0 spiro atoms. The Labute approximate surface area is 118 Å². The number of hydrogen-bond donors (Lipinski definition) is 4. The fraction of sp³-hybridized carbons (Fsp3) is 0.500. The standard InChI is InChI=1S/C14H21N3O3/c1-20-13-3-2-10(14(15)17-19)6-11(13)8-16-7-9-4-12(18)5-9/h2-3,6,9,12,16,18-19H,4-5,7-8H2,1H3,(H2,15,17). The number of oxime groups is 1. The third-order valence-corrected chi connectivity index (χ3v) is 3.64. The van der Waals surface area contributed by atoms with Crippen molar-refractivity contribution in [3.63, 3.8) is 0 Å². The molecular weight excluding hydrogens is 258 g/mol. The number of nitrogens with two attached hydrogens (primary N) is 1. The molecule has 1 fully saturated rings. The molecule has 0 saturated heterocycles. The SMILES string of the molecule is COc1ccc(/C(N)=N/O)cc1CNCC1CC(O)C1. The van der Waals surface area contributed by atoms with Gasteiger partial charge in [-0.25, -0.2) is 0 Å². The van der Waals surface area contributed by atoms with E-state index >= 15 is 0 Å². The molecule has 0 aromatic heterocycles. The highest BCUT2D eigenvalue weighted by molar-refractivity contribution is 5.97. The maximum absolute atomic E-state index is 9.24. The lowest BCUT2D eigenvalue weighted by Gasteiger charge is -2.31. The molecule has 6 heteroatoms. The third-order valence-electron chi connectivity index (χ3n) is 3.64. The smallest absolute Gasteiger partial charge is 0.170 e. The molecule has 1 aromatic rings. The Morgan fingerprint density at radius 1 is 1.50 bits per heavy atom. The molecule has 0 heterocycles. The number of ether oxygens (including phenoxy) is 1. The van der Waals surface area contributed by atoms with E-state index in [1.807, 2.05) is 6.07 Å². The van der Waals surface area contributed by atoms with Crippen LogP contribution in [0.15, 0.2) is 23.4 Å². The van der Waals surface area contributed by atoms with Gasteiger partial charge in [0.25, 0.3) is 0 Å². The molecule has 5 N–H and O–H groups in total. The average Bonchev–Trinajstić information content (AvgIpc) is 2.44. The van der Waals surface area contributed by atoms with Crippen molar-refractivity contribution in [1.82, 2.24) is 5.32 Å². The monoisotopic (exact) mass is 279 g/mol. The fourth-order valence-electron chi connectivity index (χ4n) is 2.41. The summed E-state index contributed by atoms with van der Waals surface area (Å²) in [6.45, 7) is 1.51. The number of methoxy groups -OCH3 is 1. The highest BCUT2D eigenvalue weighted by Crippen LogP contribution is 2.26. The Morgan fingerprint density at radius 3 is 2.85 bits per heavy atom. The van der Waals surface area contributed by atoms with E-state index in [9.17, 15) is 5.11 Å². The van der Waals surface area contributed by atoms with Crippen LogP contribution in [0.25, 0.3) is 0 Å². The number of aliphatic hydroxyl groups is 1. The molecule has 110 valence electrons. The zero-order valence-electron chi connectivity index (χ0n) is 11.5. The van der Waals surface area contributed by atoms with Gasteiger partial charge in [-0.05, 0) is 43.5 Å². The van der Waals surface area contributed by atoms with Gasteiger partial charge in [0.05, 0.1) is 13.2 Å². The Kier molecular flexibility index (Phi) is 4.81. The highest BCUT2D eigenvalue weighted by atomic mass is 16.5. The van der Waals surface area contributed by atoms with Crippen LogP contribution in [0.5, 0.6) is 5.75 Å². The average molecular weight is 279 g/mol. The minimum Gasteiger partial charge on any atom is -0.496 e. The van der Waals surface area contributed by atoms with E-state index in [1.165, 1.54) is 0 Å². The maximum Gasteiger partial charge on any atom is 0.170 e. The van der Waals surface area contributed by atoms with Gasteiger partial charge in [0.2, 0.25) is 0 Å². The molecule has 0 amide bonds. The van der Waals surface area contributed by atoms with Gasteiger partial charge < -0.3 is 26.1 Å². The number of hydrogen-bond acceptors (Lipinski definition) is 5. The molecular formula is C14H21N3O3. The second-order valence-corrected chi connectivity index (χ2v) is 5.13. The van der Waals surface area contributed by atoms with E-state index in [2.05, 4.69) is 10.5 Å². The van der Waals surface area contributed by atoms with E-state index in [1.54, 1.807) is 19.2 Å². The van der Waals surface area contributed by atoms with Crippen LogP contribution in [0.2, 0.25) is 0 Å². The molecule has 0 radical (unpaired) electrons. The summed E-state index contributed by atoms with van der Waals surface area (Å²) in [7, 11) is 1.62. The lowest BCUT2D eigenvalue weighted by Crippen LogP contribution is -2.35. The third kappa shape index (κ3) is 3.40. The minimum atomic E-state index is -0.125. The Hall–Kier alpha value is -1.79. The summed E-state index contributed by atoms with van der Waals surface area (Å²) in [4.78, 5) is 0. The molecule has 6 nitrogen and oxygen atoms in total. The quantitative estimate of drug-likeness (QED) is 0.265. The van der Waals surface area contributed by atoms with E-state index < -0.39 is 0 Å². The van der Waals surface area contributed by atoms with Gasteiger partial charge in [0.1, 0.15) is 5.75 Å². The Bertz CT molecular complexity index is 485. The van der Waals surface area contributed by atoms with Crippen molar-refractivity contribution < 1.29 is 15.1 Å². The van der Waals surface area contributed by atoms with Crippen molar-refractivity contribution in [2.24, 2.45) is 16.8 Å². The van der Waals surface area contributed by atoms with Gasteiger partial charge >= 0.3 is 0 Å². The molecule has 0 bridgehead atoms. The van der Waals surface area contributed by atoms with Gasteiger partial charge in [-0.1, -0.05) is 5.16 Å². The summed E-state index contributed by atoms with van der Waals surface area (Å²) in [5.41, 5.74) is 7.20. The van der Waals surface area contributed by atoms with Crippen molar-refractivity contribution in [3.8, 4) is 5.75 Å². The summed E-state index contributed by atoms with van der Waals surface area (Å²) in [6.07, 6.45) is 1.61. The van der Waals surface area contributed by atoms with Crippen LogP contribution in [0, 0.1) is 5.92 Å². The van der Waals surface area contributed by atoms with E-state index in [0.29, 0.717) is 18.0 Å². The van der Waals surface area contributed by atoms with Crippen LogP contribution >= 0.6 is 0 Å². The van der Waals surface area contributed by atoms with Crippen LogP contribution in [-0.2, 0) is 6.54 Å². The summed E-state index contributed by atoms with van der Waals surface area (Å²) < 4.78 is 5.31. The lowest BCUT2D eigenvalue weighted by molar-refractivity contribution is 0.0429. The summed E-state index contributed by atoms with van der Waals surface area (Å²) in [6, 6.07) is 5.40. The first-order chi connectivity index (χ1) is 9.63. The van der Waals surface area contributed by atoms with Crippen molar-refractivity contribution in [1.29, 1.82) is 0 Å². The highest BCUT2D eigenvalue weighted by Gasteiger charge is 2.26. The molecule has 0 atom stereocenters. The van der Waals surface area contributed by atoms with Gasteiger partial charge in [0, 0.05) is 17.7 Å². The van der Waals surface area contributed by atoms with Gasteiger partial charge in [-0.3, -0.25) is 0 Å². The molecule has 0 unspecified atom stereocenters. The van der Waals surface area contributed by atoms with Crippen molar-refractivity contribution >= 4 is 5.84 Å². The zero-order valence-corrected chi connectivity index (χ0v) is 11.5. The maximum atomic E-state index is 9.24. The van der Waals surface area contributed by atoms with Crippen molar-refractivity contribution in [3.05, 3.63) is 29.3 Å². The fourth-order valence-corrected chi connectivity index (χ4v) is 2.41. The second kappa shape index (κ2) is 6.58. The Morgan fingerprint density at radius 2 is 2.25 bits per heavy atom. The molecule has 1 aromatic carbocycles. The van der Waals surface area contributed by atoms with Crippen molar-refractivity contribution in [2.45, 2.75) is 25.5 Å². The summed E-state index contributed by atoms with van der Waals surface area (Å²) >= 11 is 0. The van der Waals surface area contributed by atoms with Gasteiger partial charge in [-0.2, -0.15) is 0 Å². The van der Waals surface area contributed by atoms with Crippen LogP contribution < -0.4 is 15.8 Å². The first kappa shape index (κ1) is 14.6. The molecule has 2 rings (SSSR count). The number of nitrogens with one attached hydrogen (secondary N) is 1. The first-order valence-corrected chi connectivity index (χ1v) is 6.67. The first-order valence-electron chi connectivity index (χ1n) is 6.67. The number of benzene rings is 1. The number of aliphatic hydroxyl groups excluding tert-OH is 1. The molecule has 20 heavy (non-hydrogen) atoms. The zero-order chi connectivity index (χ0) is 14.5. The largest absolute Gasteiger partial charge is 0.496 e. The number of amidine groups is 1. The lowest BCUT2D eigenvalue weighted by atomic mass is 9.82. The van der Waals surface area contributed by atoms with E-state index in [-0.39, 0.29) is 11.9 Å². The van der Waals surface area contributed by atoms with Crippen LogP contribution in [-0.4, -0.2) is 35.9 Å². The second-order valence-electron chi connectivity index (χ2n) is 5.13. The van der Waals surface area contributed by atoms with E-state index in [0.717, 1.165) is 30.7 Å². The molecule has 1 saturated carbocycles. The Balaban J connectivity index is 1.97. The van der Waals surface area contributed by atoms with Gasteiger partial charge in [-0.15, -0.1) is 0 Å². The summed E-state index contributed by atoms with van der Waals surface area (Å²) in [5.74, 6) is 1.39. The number of nitrogens with zero attached hydrogens (tertiary/aromatic N) is 1. The predicted octanol–water partition coefficient (Wildman–Crippen LogP) is 0.650.